The van der Waals surface area contributed by atoms with Crippen molar-refractivity contribution in [2.75, 3.05) is 6.54 Å². The van der Waals surface area contributed by atoms with E-state index in [1.807, 2.05) is 36.4 Å². The molecule has 2 aromatic rings. The van der Waals surface area contributed by atoms with Crippen molar-refractivity contribution in [1.82, 2.24) is 5.32 Å². The van der Waals surface area contributed by atoms with Gasteiger partial charge in [-0.3, -0.25) is 0 Å². The smallest absolute Gasteiger partial charge is 0.120 e. The minimum atomic E-state index is 0.494. The van der Waals surface area contributed by atoms with Crippen molar-refractivity contribution in [3.05, 3.63) is 64.7 Å². The van der Waals surface area contributed by atoms with Crippen molar-refractivity contribution in [3.63, 3.8) is 0 Å². The molecule has 3 heteroatoms. The summed E-state index contributed by atoms with van der Waals surface area (Å²) in [4.78, 5) is 0. The molecule has 0 saturated heterocycles. The van der Waals surface area contributed by atoms with Crippen LogP contribution in [0.5, 0.6) is 5.75 Å². The first-order valence-corrected chi connectivity index (χ1v) is 9.33. The van der Waals surface area contributed by atoms with Crippen molar-refractivity contribution in [3.8, 4) is 5.75 Å². The van der Waals surface area contributed by atoms with Gasteiger partial charge in [0.25, 0.3) is 0 Å². The van der Waals surface area contributed by atoms with E-state index in [1.54, 1.807) is 0 Å². The second kappa shape index (κ2) is 11.1. The SMILES string of the molecule is CCCCCCCNCc1cccc(OCc2ccccc2Cl)c1. The molecule has 0 bridgehead atoms. The van der Waals surface area contributed by atoms with Gasteiger partial charge in [-0.2, -0.15) is 0 Å². The lowest BCUT2D eigenvalue weighted by molar-refractivity contribution is 0.306. The molecule has 0 aromatic heterocycles. The number of ether oxygens (including phenoxy) is 1. The molecule has 0 unspecified atom stereocenters. The summed E-state index contributed by atoms with van der Waals surface area (Å²) in [5, 5.41) is 4.26. The van der Waals surface area contributed by atoms with E-state index in [0.717, 1.165) is 29.4 Å². The van der Waals surface area contributed by atoms with Gasteiger partial charge in [0.2, 0.25) is 0 Å². The number of hydrogen-bond acceptors (Lipinski definition) is 2. The average Bonchev–Trinajstić information content (AvgIpc) is 2.61. The molecule has 0 aliphatic rings. The maximum Gasteiger partial charge on any atom is 0.120 e. The Kier molecular flexibility index (Phi) is 8.72. The molecule has 2 rings (SSSR count). The summed E-state index contributed by atoms with van der Waals surface area (Å²) >= 11 is 6.16. The van der Waals surface area contributed by atoms with Crippen molar-refractivity contribution >= 4 is 11.6 Å². The number of unbranched alkanes of at least 4 members (excludes halogenated alkanes) is 4. The first-order chi connectivity index (χ1) is 11.8. The van der Waals surface area contributed by atoms with Crippen LogP contribution < -0.4 is 10.1 Å². The summed E-state index contributed by atoms with van der Waals surface area (Å²) in [5.74, 6) is 0.886. The Labute approximate surface area is 151 Å². The van der Waals surface area contributed by atoms with Crippen LogP contribution in [0, 0.1) is 0 Å². The van der Waals surface area contributed by atoms with Gasteiger partial charge in [-0.1, -0.05) is 74.5 Å². The minimum absolute atomic E-state index is 0.494. The number of hydrogen-bond donors (Lipinski definition) is 1. The zero-order chi connectivity index (χ0) is 17.0. The molecule has 24 heavy (non-hydrogen) atoms. The lowest BCUT2D eigenvalue weighted by Gasteiger charge is -2.10. The summed E-state index contributed by atoms with van der Waals surface area (Å²) in [6.45, 7) is 4.71. The molecule has 0 heterocycles. The van der Waals surface area contributed by atoms with Crippen LogP contribution in [0.3, 0.4) is 0 Å². The van der Waals surface area contributed by atoms with Gasteiger partial charge < -0.3 is 10.1 Å². The third-order valence-electron chi connectivity index (χ3n) is 4.04. The Morgan fingerprint density at radius 2 is 1.79 bits per heavy atom. The fourth-order valence-electron chi connectivity index (χ4n) is 2.61. The zero-order valence-electron chi connectivity index (χ0n) is 14.6. The molecule has 0 atom stereocenters. The maximum absolute atomic E-state index is 6.16. The molecule has 0 amide bonds. The fourth-order valence-corrected chi connectivity index (χ4v) is 2.80. The average molecular weight is 346 g/mol. The highest BCUT2D eigenvalue weighted by atomic mass is 35.5. The minimum Gasteiger partial charge on any atom is -0.489 e. The predicted octanol–water partition coefficient (Wildman–Crippen LogP) is 5.98. The Morgan fingerprint density at radius 1 is 0.958 bits per heavy atom. The highest BCUT2D eigenvalue weighted by Crippen LogP contribution is 2.19. The number of nitrogens with one attached hydrogen (secondary N) is 1. The van der Waals surface area contributed by atoms with Crippen LogP contribution in [0.4, 0.5) is 0 Å². The van der Waals surface area contributed by atoms with E-state index in [2.05, 4.69) is 24.4 Å². The highest BCUT2D eigenvalue weighted by Gasteiger charge is 2.01. The van der Waals surface area contributed by atoms with Gasteiger partial charge in [0, 0.05) is 17.1 Å². The zero-order valence-corrected chi connectivity index (χ0v) is 15.3. The van der Waals surface area contributed by atoms with Crippen LogP contribution in [-0.2, 0) is 13.2 Å². The number of benzene rings is 2. The second-order valence-electron chi connectivity index (χ2n) is 6.12. The van der Waals surface area contributed by atoms with Crippen molar-refractivity contribution in [2.45, 2.75) is 52.2 Å². The lowest BCUT2D eigenvalue weighted by Crippen LogP contribution is -2.14. The van der Waals surface area contributed by atoms with Crippen LogP contribution in [0.2, 0.25) is 5.02 Å². The van der Waals surface area contributed by atoms with E-state index >= 15 is 0 Å². The number of halogens is 1. The first kappa shape index (κ1) is 18.8. The van der Waals surface area contributed by atoms with E-state index in [-0.39, 0.29) is 0 Å². The van der Waals surface area contributed by atoms with Crippen molar-refractivity contribution < 1.29 is 4.74 Å². The molecule has 0 aliphatic heterocycles. The Balaban J connectivity index is 1.72. The van der Waals surface area contributed by atoms with Crippen LogP contribution in [0.25, 0.3) is 0 Å². The Morgan fingerprint density at radius 3 is 2.62 bits per heavy atom. The molecule has 1 N–H and O–H groups in total. The van der Waals surface area contributed by atoms with Gasteiger partial charge in [0.15, 0.2) is 0 Å². The van der Waals surface area contributed by atoms with Crippen LogP contribution in [-0.4, -0.2) is 6.54 Å². The molecule has 2 aromatic carbocycles. The van der Waals surface area contributed by atoms with Crippen LogP contribution in [0.15, 0.2) is 48.5 Å². The van der Waals surface area contributed by atoms with Gasteiger partial charge in [0.1, 0.15) is 12.4 Å². The molecule has 2 nitrogen and oxygen atoms in total. The van der Waals surface area contributed by atoms with Gasteiger partial charge >= 0.3 is 0 Å². The Bertz CT molecular complexity index is 600. The second-order valence-corrected chi connectivity index (χ2v) is 6.53. The maximum atomic E-state index is 6.16. The van der Waals surface area contributed by atoms with Crippen LogP contribution >= 0.6 is 11.6 Å². The normalized spacial score (nSPS) is 10.8. The van der Waals surface area contributed by atoms with E-state index in [4.69, 9.17) is 16.3 Å². The molecular formula is C21H28ClNO. The summed E-state index contributed by atoms with van der Waals surface area (Å²) in [6, 6.07) is 16.1. The monoisotopic (exact) mass is 345 g/mol. The van der Waals surface area contributed by atoms with Crippen molar-refractivity contribution in [2.24, 2.45) is 0 Å². The summed E-state index contributed by atoms with van der Waals surface area (Å²) < 4.78 is 5.87. The quantitative estimate of drug-likeness (QED) is 0.506. The van der Waals surface area contributed by atoms with Crippen molar-refractivity contribution in [1.29, 1.82) is 0 Å². The Hall–Kier alpha value is -1.51. The lowest BCUT2D eigenvalue weighted by atomic mass is 10.1. The third-order valence-corrected chi connectivity index (χ3v) is 4.41. The molecule has 0 fully saturated rings. The van der Waals surface area contributed by atoms with Gasteiger partial charge in [0.05, 0.1) is 0 Å². The molecule has 0 radical (unpaired) electrons. The fraction of sp³-hybridized carbons (Fsp3) is 0.429. The third kappa shape index (κ3) is 6.94. The molecular weight excluding hydrogens is 318 g/mol. The molecule has 0 saturated carbocycles. The topological polar surface area (TPSA) is 21.3 Å². The standard InChI is InChI=1S/C21H28ClNO/c1-2-3-4-5-8-14-23-16-18-10-9-12-20(15-18)24-17-19-11-6-7-13-21(19)22/h6-7,9-13,15,23H,2-5,8,14,16-17H2,1H3. The van der Waals surface area contributed by atoms with Gasteiger partial charge in [-0.05, 0) is 36.7 Å². The van der Waals surface area contributed by atoms with Gasteiger partial charge in [-0.25, -0.2) is 0 Å². The summed E-state index contributed by atoms with van der Waals surface area (Å²) in [7, 11) is 0. The van der Waals surface area contributed by atoms with E-state index in [9.17, 15) is 0 Å². The summed E-state index contributed by atoms with van der Waals surface area (Å²) in [6.07, 6.45) is 6.58. The molecule has 130 valence electrons. The van der Waals surface area contributed by atoms with E-state index in [0.29, 0.717) is 6.61 Å². The van der Waals surface area contributed by atoms with Gasteiger partial charge in [-0.15, -0.1) is 0 Å². The predicted molar refractivity (Wildman–Crippen MR) is 103 cm³/mol. The van der Waals surface area contributed by atoms with E-state index in [1.165, 1.54) is 37.7 Å². The summed E-state index contributed by atoms with van der Waals surface area (Å²) in [5.41, 5.74) is 2.26. The largest absolute Gasteiger partial charge is 0.489 e. The first-order valence-electron chi connectivity index (χ1n) is 8.95. The van der Waals surface area contributed by atoms with E-state index < -0.39 is 0 Å². The molecule has 0 aliphatic carbocycles. The van der Waals surface area contributed by atoms with Crippen LogP contribution in [0.1, 0.15) is 50.2 Å². The highest BCUT2D eigenvalue weighted by molar-refractivity contribution is 6.31. The molecule has 0 spiro atoms. The number of rotatable bonds is 11.